The third-order valence-electron chi connectivity index (χ3n) is 5.67. The summed E-state index contributed by atoms with van der Waals surface area (Å²) in [7, 11) is 0. The summed E-state index contributed by atoms with van der Waals surface area (Å²) in [5.41, 5.74) is 2.71. The average Bonchev–Trinajstić information content (AvgIpc) is 3.26. The molecular formula is C23H25FN4O2S. The molecule has 162 valence electrons. The number of hydrogen-bond acceptors (Lipinski definition) is 5. The van der Waals surface area contributed by atoms with Crippen LogP contribution in [0.3, 0.4) is 0 Å². The van der Waals surface area contributed by atoms with E-state index in [9.17, 15) is 9.18 Å². The van der Waals surface area contributed by atoms with E-state index in [2.05, 4.69) is 15.5 Å². The van der Waals surface area contributed by atoms with E-state index in [1.165, 1.54) is 23.4 Å². The SMILES string of the molecule is Cc1ccc(-n2cnnc2SCC(=O)NCC2(c3cccc(F)c3)CCOCC2)cc1. The zero-order chi connectivity index (χ0) is 21.7. The fourth-order valence-corrected chi connectivity index (χ4v) is 4.56. The first-order chi connectivity index (χ1) is 15.1. The highest BCUT2D eigenvalue weighted by Crippen LogP contribution is 2.34. The van der Waals surface area contributed by atoms with Crippen LogP contribution in [0.5, 0.6) is 0 Å². The van der Waals surface area contributed by atoms with Crippen molar-refractivity contribution in [3.63, 3.8) is 0 Å². The number of aryl methyl sites for hydroxylation is 1. The van der Waals surface area contributed by atoms with Gasteiger partial charge < -0.3 is 10.1 Å². The van der Waals surface area contributed by atoms with Crippen molar-refractivity contribution in [2.45, 2.75) is 30.3 Å². The smallest absolute Gasteiger partial charge is 0.230 e. The highest BCUT2D eigenvalue weighted by Gasteiger charge is 2.35. The first-order valence-corrected chi connectivity index (χ1v) is 11.2. The van der Waals surface area contributed by atoms with E-state index < -0.39 is 0 Å². The van der Waals surface area contributed by atoms with Gasteiger partial charge in [-0.15, -0.1) is 10.2 Å². The van der Waals surface area contributed by atoms with Gasteiger partial charge in [-0.3, -0.25) is 9.36 Å². The van der Waals surface area contributed by atoms with Gasteiger partial charge in [-0.05, 0) is 49.6 Å². The summed E-state index contributed by atoms with van der Waals surface area (Å²) in [5.74, 6) is -0.133. The summed E-state index contributed by atoms with van der Waals surface area (Å²) in [4.78, 5) is 12.6. The number of thioether (sulfide) groups is 1. The van der Waals surface area contributed by atoms with E-state index in [0.717, 1.165) is 24.1 Å². The molecule has 1 N–H and O–H groups in total. The van der Waals surface area contributed by atoms with Gasteiger partial charge in [-0.25, -0.2) is 4.39 Å². The van der Waals surface area contributed by atoms with E-state index in [-0.39, 0.29) is 22.9 Å². The maximum absolute atomic E-state index is 13.8. The Morgan fingerprint density at radius 1 is 1.23 bits per heavy atom. The Morgan fingerprint density at radius 3 is 2.74 bits per heavy atom. The van der Waals surface area contributed by atoms with Crippen LogP contribution in [-0.2, 0) is 14.9 Å². The molecule has 1 aromatic heterocycles. The molecule has 0 aliphatic carbocycles. The number of rotatable bonds is 7. The van der Waals surface area contributed by atoms with Gasteiger partial charge in [0.15, 0.2) is 5.16 Å². The molecule has 1 fully saturated rings. The van der Waals surface area contributed by atoms with E-state index in [1.807, 2.05) is 41.8 Å². The van der Waals surface area contributed by atoms with Gasteiger partial charge in [-0.1, -0.05) is 41.6 Å². The predicted molar refractivity (Wildman–Crippen MR) is 118 cm³/mol. The van der Waals surface area contributed by atoms with Crippen LogP contribution in [0.4, 0.5) is 4.39 Å². The normalized spacial score (nSPS) is 15.5. The highest BCUT2D eigenvalue weighted by molar-refractivity contribution is 7.99. The standard InChI is InChI=1S/C23H25FN4O2S/c1-17-5-7-20(8-6-17)28-16-26-27-22(28)31-14-21(29)25-15-23(9-11-30-12-10-23)18-3-2-4-19(24)13-18/h2-8,13,16H,9-12,14-15H2,1H3,(H,25,29). The second-order valence-electron chi connectivity index (χ2n) is 7.79. The number of aromatic nitrogens is 3. The highest BCUT2D eigenvalue weighted by atomic mass is 32.2. The molecule has 4 rings (SSSR count). The molecule has 0 atom stereocenters. The number of benzene rings is 2. The Bertz CT molecular complexity index is 1030. The topological polar surface area (TPSA) is 69.0 Å². The van der Waals surface area contributed by atoms with Crippen LogP contribution in [0.1, 0.15) is 24.0 Å². The quantitative estimate of drug-likeness (QED) is 0.568. The number of hydrogen-bond donors (Lipinski definition) is 1. The number of nitrogens with one attached hydrogen (secondary N) is 1. The van der Waals surface area contributed by atoms with Crippen LogP contribution < -0.4 is 5.32 Å². The van der Waals surface area contributed by atoms with Crippen LogP contribution in [0.15, 0.2) is 60.0 Å². The van der Waals surface area contributed by atoms with E-state index in [1.54, 1.807) is 18.5 Å². The largest absolute Gasteiger partial charge is 0.381 e. The summed E-state index contributed by atoms with van der Waals surface area (Å²) in [5, 5.41) is 11.8. The zero-order valence-corrected chi connectivity index (χ0v) is 18.2. The summed E-state index contributed by atoms with van der Waals surface area (Å²) in [6, 6.07) is 14.7. The number of carbonyl (C=O) groups is 1. The van der Waals surface area contributed by atoms with Gasteiger partial charge in [-0.2, -0.15) is 0 Å². The van der Waals surface area contributed by atoms with Crippen LogP contribution in [0.2, 0.25) is 0 Å². The van der Waals surface area contributed by atoms with E-state index in [4.69, 9.17) is 4.74 Å². The maximum atomic E-state index is 13.8. The molecule has 2 aromatic carbocycles. The van der Waals surface area contributed by atoms with Gasteiger partial charge in [0.25, 0.3) is 0 Å². The minimum absolute atomic E-state index is 0.0919. The molecule has 0 bridgehead atoms. The molecule has 0 radical (unpaired) electrons. The first-order valence-electron chi connectivity index (χ1n) is 10.3. The van der Waals surface area contributed by atoms with Gasteiger partial charge in [0.2, 0.25) is 5.91 Å². The molecule has 6 nitrogen and oxygen atoms in total. The molecule has 1 saturated heterocycles. The lowest BCUT2D eigenvalue weighted by Gasteiger charge is -2.38. The first kappa shape index (κ1) is 21.5. The molecule has 1 amide bonds. The van der Waals surface area contributed by atoms with E-state index in [0.29, 0.717) is 24.9 Å². The number of halogens is 1. The Hall–Kier alpha value is -2.71. The fourth-order valence-electron chi connectivity index (χ4n) is 3.80. The summed E-state index contributed by atoms with van der Waals surface area (Å²) in [6.45, 7) is 3.68. The minimum Gasteiger partial charge on any atom is -0.381 e. The van der Waals surface area contributed by atoms with E-state index >= 15 is 0 Å². The van der Waals surface area contributed by atoms with Crippen LogP contribution in [-0.4, -0.2) is 46.2 Å². The Kier molecular flexibility index (Phi) is 6.67. The lowest BCUT2D eigenvalue weighted by molar-refractivity contribution is -0.119. The Morgan fingerprint density at radius 2 is 2.00 bits per heavy atom. The van der Waals surface area contributed by atoms with Gasteiger partial charge >= 0.3 is 0 Å². The van der Waals surface area contributed by atoms with Crippen LogP contribution in [0.25, 0.3) is 5.69 Å². The fraction of sp³-hybridized carbons (Fsp3) is 0.348. The van der Waals surface area contributed by atoms with Crippen molar-refractivity contribution in [1.29, 1.82) is 0 Å². The number of amides is 1. The van der Waals surface area contributed by atoms with Crippen molar-refractivity contribution in [3.8, 4) is 5.69 Å². The predicted octanol–water partition coefficient (Wildman–Crippen LogP) is 3.67. The third kappa shape index (κ3) is 5.14. The monoisotopic (exact) mass is 440 g/mol. The number of nitrogens with zero attached hydrogens (tertiary/aromatic N) is 3. The molecule has 1 aliphatic rings. The zero-order valence-electron chi connectivity index (χ0n) is 17.4. The van der Waals surface area contributed by atoms with Crippen molar-refractivity contribution in [1.82, 2.24) is 20.1 Å². The molecule has 1 aliphatic heterocycles. The van der Waals surface area contributed by atoms with Gasteiger partial charge in [0, 0.05) is 30.9 Å². The maximum Gasteiger partial charge on any atom is 0.230 e. The number of ether oxygens (including phenoxy) is 1. The van der Waals surface area contributed by atoms with Crippen molar-refractivity contribution in [2.75, 3.05) is 25.5 Å². The lowest BCUT2D eigenvalue weighted by atomic mass is 9.74. The van der Waals surface area contributed by atoms with Crippen molar-refractivity contribution in [3.05, 3.63) is 71.8 Å². The third-order valence-corrected chi connectivity index (χ3v) is 6.61. The molecular weight excluding hydrogens is 415 g/mol. The second kappa shape index (κ2) is 9.62. The Labute approximate surface area is 185 Å². The Balaban J connectivity index is 1.39. The van der Waals surface area contributed by atoms with Crippen molar-refractivity contribution < 1.29 is 13.9 Å². The van der Waals surface area contributed by atoms with Gasteiger partial charge in [0.1, 0.15) is 12.1 Å². The summed E-state index contributed by atoms with van der Waals surface area (Å²) in [6.07, 6.45) is 3.13. The number of carbonyl (C=O) groups excluding carboxylic acids is 1. The summed E-state index contributed by atoms with van der Waals surface area (Å²) >= 11 is 1.34. The lowest BCUT2D eigenvalue weighted by Crippen LogP contribution is -2.45. The summed E-state index contributed by atoms with van der Waals surface area (Å²) < 4.78 is 21.2. The molecule has 0 spiro atoms. The second-order valence-corrected chi connectivity index (χ2v) is 8.73. The van der Waals surface area contributed by atoms with Crippen molar-refractivity contribution >= 4 is 17.7 Å². The molecule has 31 heavy (non-hydrogen) atoms. The molecule has 8 heteroatoms. The van der Waals surface area contributed by atoms with Gasteiger partial charge in [0.05, 0.1) is 5.75 Å². The molecule has 3 aromatic rings. The molecule has 0 saturated carbocycles. The minimum atomic E-state index is -0.317. The van der Waals surface area contributed by atoms with Crippen molar-refractivity contribution in [2.24, 2.45) is 0 Å². The molecule has 0 unspecified atom stereocenters. The van der Waals surface area contributed by atoms with Crippen LogP contribution >= 0.6 is 11.8 Å². The molecule has 2 heterocycles. The average molecular weight is 441 g/mol. The van der Waals surface area contributed by atoms with Crippen LogP contribution in [0, 0.1) is 12.7 Å².